The van der Waals surface area contributed by atoms with Gasteiger partial charge < -0.3 is 14.9 Å². The minimum absolute atomic E-state index is 0.234. The minimum Gasteiger partial charge on any atom is -0.369 e. The molecule has 3 rings (SSSR count). The monoisotopic (exact) mass is 436 g/mol. The SMILES string of the molecule is CCN1C(=O)\C(=C/C=C/C(C#N)=C2/N(C)c3ccccc3C2(C)C)C(O)N(CC)C1=S. The zero-order valence-electron chi connectivity index (χ0n) is 18.6. The van der Waals surface area contributed by atoms with Crippen molar-refractivity contribution in [2.24, 2.45) is 0 Å². The van der Waals surface area contributed by atoms with Gasteiger partial charge in [0.15, 0.2) is 11.3 Å². The van der Waals surface area contributed by atoms with Crippen LogP contribution in [0.2, 0.25) is 0 Å². The summed E-state index contributed by atoms with van der Waals surface area (Å²) in [6, 6.07) is 10.4. The fraction of sp³-hybridized carbons (Fsp3) is 0.375. The number of anilines is 1. The van der Waals surface area contributed by atoms with Crippen LogP contribution in [0.4, 0.5) is 5.69 Å². The highest BCUT2D eigenvalue weighted by molar-refractivity contribution is 7.80. The van der Waals surface area contributed by atoms with Crippen molar-refractivity contribution in [1.82, 2.24) is 9.80 Å². The van der Waals surface area contributed by atoms with Crippen LogP contribution in [0.5, 0.6) is 0 Å². The van der Waals surface area contributed by atoms with Crippen molar-refractivity contribution < 1.29 is 9.90 Å². The zero-order chi connectivity index (χ0) is 22.9. The molecule has 1 saturated heterocycles. The fourth-order valence-electron chi connectivity index (χ4n) is 4.42. The van der Waals surface area contributed by atoms with Crippen molar-refractivity contribution in [1.29, 1.82) is 5.26 Å². The van der Waals surface area contributed by atoms with Crippen LogP contribution in [0.1, 0.15) is 33.3 Å². The number of carbonyl (C=O) groups is 1. The molecule has 162 valence electrons. The van der Waals surface area contributed by atoms with E-state index in [4.69, 9.17) is 12.2 Å². The van der Waals surface area contributed by atoms with Gasteiger partial charge in [-0.3, -0.25) is 9.69 Å². The summed E-state index contributed by atoms with van der Waals surface area (Å²) in [5.74, 6) is -0.314. The number of amides is 1. The molecule has 1 unspecified atom stereocenters. The van der Waals surface area contributed by atoms with Crippen molar-refractivity contribution in [2.45, 2.75) is 39.3 Å². The molecule has 0 aliphatic carbocycles. The van der Waals surface area contributed by atoms with E-state index in [1.54, 1.807) is 23.1 Å². The molecule has 1 amide bonds. The first-order valence-corrected chi connectivity index (χ1v) is 10.8. The Balaban J connectivity index is 2.00. The standard InChI is InChI=1S/C24H28N4O2S/c1-6-27-21(29)17(22(30)28(7-2)23(27)31)12-10-11-16(15-25)20-24(3,4)18-13-8-9-14-19(18)26(20)5/h8-14,21,29H,6-7H2,1-5H3/b11-10+,17-12-,20-16-. The molecule has 1 atom stereocenters. The summed E-state index contributed by atoms with van der Waals surface area (Å²) in [5.41, 5.74) is 3.54. The largest absolute Gasteiger partial charge is 0.369 e. The van der Waals surface area contributed by atoms with Gasteiger partial charge in [-0.05, 0) is 49.8 Å². The molecule has 1 aromatic carbocycles. The molecule has 6 nitrogen and oxygen atoms in total. The van der Waals surface area contributed by atoms with E-state index in [0.29, 0.717) is 23.8 Å². The molecule has 1 aromatic rings. The molecule has 0 bridgehead atoms. The molecular weight excluding hydrogens is 408 g/mol. The van der Waals surface area contributed by atoms with E-state index in [1.165, 1.54) is 4.90 Å². The maximum atomic E-state index is 12.8. The van der Waals surface area contributed by atoms with Gasteiger partial charge in [0.1, 0.15) is 6.07 Å². The summed E-state index contributed by atoms with van der Waals surface area (Å²) in [6.07, 6.45) is 3.83. The average molecular weight is 437 g/mol. The molecule has 2 aliphatic heterocycles. The summed E-state index contributed by atoms with van der Waals surface area (Å²) in [7, 11) is 1.96. The van der Waals surface area contributed by atoms with Crippen molar-refractivity contribution in [3.63, 3.8) is 0 Å². The lowest BCUT2D eigenvalue weighted by atomic mass is 9.82. The number of benzene rings is 1. The minimum atomic E-state index is -1.11. The second kappa shape index (κ2) is 8.66. The Hall–Kier alpha value is -2.95. The topological polar surface area (TPSA) is 70.8 Å². The molecule has 7 heteroatoms. The highest BCUT2D eigenvalue weighted by Gasteiger charge is 2.40. The lowest BCUT2D eigenvalue weighted by Crippen LogP contribution is -2.57. The van der Waals surface area contributed by atoms with Crippen molar-refractivity contribution >= 4 is 28.9 Å². The number of rotatable bonds is 4. The Labute approximate surface area is 189 Å². The molecule has 1 fully saturated rings. The third-order valence-corrected chi connectivity index (χ3v) is 6.43. The number of aliphatic hydroxyl groups is 1. The summed E-state index contributed by atoms with van der Waals surface area (Å²) in [5, 5.41) is 20.9. The van der Waals surface area contributed by atoms with Gasteiger partial charge in [0.25, 0.3) is 5.91 Å². The van der Waals surface area contributed by atoms with Gasteiger partial charge in [-0.25, -0.2) is 0 Å². The predicted molar refractivity (Wildman–Crippen MR) is 126 cm³/mol. The van der Waals surface area contributed by atoms with Gasteiger partial charge in [0.2, 0.25) is 0 Å². The Morgan fingerprint density at radius 2 is 1.97 bits per heavy atom. The molecule has 2 aliphatic rings. The van der Waals surface area contributed by atoms with Crippen molar-refractivity contribution in [2.75, 3.05) is 25.0 Å². The maximum absolute atomic E-state index is 12.8. The van der Waals surface area contributed by atoms with Gasteiger partial charge >= 0.3 is 0 Å². The van der Waals surface area contributed by atoms with Crippen LogP contribution in [0.15, 0.2) is 59.3 Å². The number of aliphatic hydroxyl groups excluding tert-OH is 1. The lowest BCUT2D eigenvalue weighted by Gasteiger charge is -2.40. The summed E-state index contributed by atoms with van der Waals surface area (Å²) in [6.45, 7) is 8.82. The number of para-hydroxylation sites is 1. The Kier molecular flexibility index (Phi) is 6.35. The second-order valence-electron chi connectivity index (χ2n) is 8.05. The molecule has 0 radical (unpaired) electrons. The quantitative estimate of drug-likeness (QED) is 0.443. The maximum Gasteiger partial charge on any atom is 0.260 e. The van der Waals surface area contributed by atoms with E-state index in [9.17, 15) is 15.2 Å². The number of hydrogen-bond acceptors (Lipinski definition) is 5. The summed E-state index contributed by atoms with van der Waals surface area (Å²) >= 11 is 5.34. The lowest BCUT2D eigenvalue weighted by molar-refractivity contribution is -0.128. The van der Waals surface area contributed by atoms with Crippen LogP contribution in [0.3, 0.4) is 0 Å². The molecule has 1 N–H and O–H groups in total. The van der Waals surface area contributed by atoms with E-state index in [1.807, 2.05) is 44.0 Å². The van der Waals surface area contributed by atoms with Gasteiger partial charge in [-0.1, -0.05) is 38.1 Å². The van der Waals surface area contributed by atoms with Crippen LogP contribution >= 0.6 is 12.2 Å². The van der Waals surface area contributed by atoms with Crippen molar-refractivity contribution in [3.05, 3.63) is 64.9 Å². The number of nitriles is 1. The van der Waals surface area contributed by atoms with E-state index >= 15 is 0 Å². The fourth-order valence-corrected chi connectivity index (χ4v) is 4.86. The molecule has 2 heterocycles. The first-order chi connectivity index (χ1) is 14.7. The predicted octanol–water partition coefficient (Wildman–Crippen LogP) is 3.46. The molecular formula is C24H28N4O2S. The van der Waals surface area contributed by atoms with Crippen molar-refractivity contribution in [3.8, 4) is 6.07 Å². The number of hydrogen-bond donors (Lipinski definition) is 1. The number of allylic oxidation sites excluding steroid dienone is 5. The first-order valence-electron chi connectivity index (χ1n) is 10.4. The van der Waals surface area contributed by atoms with Crippen LogP contribution in [-0.4, -0.2) is 52.3 Å². The number of nitrogens with zero attached hydrogens (tertiary/aromatic N) is 4. The summed E-state index contributed by atoms with van der Waals surface area (Å²) in [4.78, 5) is 17.9. The van der Waals surface area contributed by atoms with E-state index in [2.05, 4.69) is 26.0 Å². The molecule has 0 spiro atoms. The zero-order valence-corrected chi connectivity index (χ0v) is 19.4. The Morgan fingerprint density at radius 3 is 2.55 bits per heavy atom. The van der Waals surface area contributed by atoms with E-state index in [0.717, 1.165) is 16.9 Å². The smallest absolute Gasteiger partial charge is 0.260 e. The first kappa shape index (κ1) is 22.7. The van der Waals surface area contributed by atoms with Gasteiger partial charge in [-0.15, -0.1) is 0 Å². The van der Waals surface area contributed by atoms with Gasteiger partial charge in [0.05, 0.1) is 11.1 Å². The number of thiocarbonyl (C=S) groups is 1. The van der Waals surface area contributed by atoms with Gasteiger partial charge in [0, 0.05) is 36.9 Å². The summed E-state index contributed by atoms with van der Waals surface area (Å²) < 4.78 is 0. The van der Waals surface area contributed by atoms with E-state index < -0.39 is 6.23 Å². The van der Waals surface area contributed by atoms with Gasteiger partial charge in [-0.2, -0.15) is 5.26 Å². The number of fused-ring (bicyclic) bond motifs is 1. The molecule has 0 saturated carbocycles. The highest BCUT2D eigenvalue weighted by atomic mass is 32.1. The highest BCUT2D eigenvalue weighted by Crippen LogP contribution is 2.47. The third kappa shape index (κ3) is 3.67. The second-order valence-corrected chi connectivity index (χ2v) is 8.41. The Morgan fingerprint density at radius 1 is 1.29 bits per heavy atom. The van der Waals surface area contributed by atoms with Crippen LogP contribution in [0, 0.1) is 11.3 Å². The van der Waals surface area contributed by atoms with Crippen LogP contribution in [-0.2, 0) is 10.2 Å². The van der Waals surface area contributed by atoms with Crippen LogP contribution in [0.25, 0.3) is 0 Å². The molecule has 31 heavy (non-hydrogen) atoms. The number of likely N-dealkylation sites (N-methyl/N-ethyl adjacent to an activating group) is 3. The Bertz CT molecular complexity index is 1050. The van der Waals surface area contributed by atoms with Crippen LogP contribution < -0.4 is 4.90 Å². The normalized spacial score (nSPS) is 23.6. The number of carbonyl (C=O) groups excluding carboxylic acids is 1. The average Bonchev–Trinajstić information content (AvgIpc) is 2.94. The third-order valence-electron chi connectivity index (χ3n) is 5.98. The molecule has 0 aromatic heterocycles. The van der Waals surface area contributed by atoms with E-state index in [-0.39, 0.29) is 16.9 Å².